The molecule has 1 heterocycles. The van der Waals surface area contributed by atoms with Gasteiger partial charge in [0.05, 0.1) is 11.3 Å². The molecule has 0 radical (unpaired) electrons. The second kappa shape index (κ2) is 4.81. The van der Waals surface area contributed by atoms with Gasteiger partial charge in [0.15, 0.2) is 5.15 Å². The van der Waals surface area contributed by atoms with Crippen molar-refractivity contribution in [3.05, 3.63) is 46.1 Å². The van der Waals surface area contributed by atoms with Crippen molar-refractivity contribution >= 4 is 11.6 Å². The van der Waals surface area contributed by atoms with Gasteiger partial charge in [-0.25, -0.2) is 0 Å². The lowest BCUT2D eigenvalue weighted by Crippen LogP contribution is -2.08. The van der Waals surface area contributed by atoms with Crippen LogP contribution in [0, 0.1) is 13.8 Å². The summed E-state index contributed by atoms with van der Waals surface area (Å²) in [4.78, 5) is 0. The van der Waals surface area contributed by atoms with Crippen molar-refractivity contribution in [3.8, 4) is 11.3 Å². The highest BCUT2D eigenvalue weighted by Crippen LogP contribution is 2.37. The fraction of sp³-hybridized carbons (Fsp3) is 0.231. The quantitative estimate of drug-likeness (QED) is 0.775. The Balaban J connectivity index is 2.70. The highest BCUT2D eigenvalue weighted by atomic mass is 35.5. The normalized spacial score (nSPS) is 11.7. The predicted molar refractivity (Wildman–Crippen MR) is 67.0 cm³/mol. The van der Waals surface area contributed by atoms with Gasteiger partial charge < -0.3 is 0 Å². The Labute approximate surface area is 113 Å². The number of aromatic nitrogens is 2. The summed E-state index contributed by atoms with van der Waals surface area (Å²) in [6.45, 7) is 3.38. The summed E-state index contributed by atoms with van der Waals surface area (Å²) in [6.07, 6.45) is -4.43. The Morgan fingerprint density at radius 1 is 1.00 bits per heavy atom. The first-order chi connectivity index (χ1) is 8.82. The summed E-state index contributed by atoms with van der Waals surface area (Å²) in [5.41, 5.74) is 0.712. The molecule has 1 aromatic heterocycles. The lowest BCUT2D eigenvalue weighted by Gasteiger charge is -2.14. The zero-order chi connectivity index (χ0) is 14.2. The Morgan fingerprint density at radius 3 is 2.26 bits per heavy atom. The maximum Gasteiger partial charge on any atom is 0.417 e. The van der Waals surface area contributed by atoms with Crippen molar-refractivity contribution in [2.45, 2.75) is 20.0 Å². The standard InChI is InChI=1S/C13H10ClF3N2/c1-7-8(2)12(14)19-18-11(7)9-5-3-4-6-10(9)13(15,16)17/h3-6H,1-2H3. The number of benzene rings is 1. The van der Waals surface area contributed by atoms with E-state index in [-0.39, 0.29) is 16.4 Å². The van der Waals surface area contributed by atoms with Crippen LogP contribution in [0.5, 0.6) is 0 Å². The molecule has 0 saturated carbocycles. The molecule has 100 valence electrons. The van der Waals surface area contributed by atoms with E-state index in [9.17, 15) is 13.2 Å². The summed E-state index contributed by atoms with van der Waals surface area (Å²) in [5.74, 6) is 0. The fourth-order valence-electron chi connectivity index (χ4n) is 1.77. The second-order valence-electron chi connectivity index (χ2n) is 4.13. The van der Waals surface area contributed by atoms with E-state index in [0.29, 0.717) is 11.1 Å². The Hall–Kier alpha value is -1.62. The molecule has 0 aliphatic heterocycles. The first kappa shape index (κ1) is 13.8. The maximum atomic E-state index is 13.0. The van der Waals surface area contributed by atoms with E-state index >= 15 is 0 Å². The van der Waals surface area contributed by atoms with Crippen LogP contribution in [0.15, 0.2) is 24.3 Å². The maximum absolute atomic E-state index is 13.0. The van der Waals surface area contributed by atoms with E-state index in [1.807, 2.05) is 0 Å². The van der Waals surface area contributed by atoms with Crippen LogP contribution in [0.25, 0.3) is 11.3 Å². The third-order valence-corrected chi connectivity index (χ3v) is 3.31. The summed E-state index contributed by atoms with van der Waals surface area (Å²) >= 11 is 5.81. The van der Waals surface area contributed by atoms with Gasteiger partial charge >= 0.3 is 6.18 Å². The van der Waals surface area contributed by atoms with Crippen LogP contribution in [0.4, 0.5) is 13.2 Å². The average Bonchev–Trinajstić information content (AvgIpc) is 2.35. The summed E-state index contributed by atoms with van der Waals surface area (Å²) in [6, 6.07) is 5.29. The molecule has 0 spiro atoms. The van der Waals surface area contributed by atoms with Gasteiger partial charge in [0.1, 0.15) is 0 Å². The lowest BCUT2D eigenvalue weighted by molar-refractivity contribution is -0.137. The monoisotopic (exact) mass is 286 g/mol. The van der Waals surface area contributed by atoms with E-state index in [0.717, 1.165) is 6.07 Å². The van der Waals surface area contributed by atoms with Gasteiger partial charge in [-0.15, -0.1) is 10.2 Å². The van der Waals surface area contributed by atoms with Gasteiger partial charge in [0.25, 0.3) is 0 Å². The molecule has 0 aliphatic rings. The summed E-state index contributed by atoms with van der Waals surface area (Å²) < 4.78 is 38.9. The molecule has 1 aromatic carbocycles. The zero-order valence-electron chi connectivity index (χ0n) is 10.2. The predicted octanol–water partition coefficient (Wildman–Crippen LogP) is 4.43. The largest absolute Gasteiger partial charge is 0.417 e. The molecule has 0 N–H and O–H groups in total. The molecule has 19 heavy (non-hydrogen) atoms. The number of hydrogen-bond acceptors (Lipinski definition) is 2. The molecule has 0 unspecified atom stereocenters. The molecule has 0 bridgehead atoms. The van der Waals surface area contributed by atoms with Gasteiger partial charge in [-0.2, -0.15) is 13.2 Å². The number of hydrogen-bond donors (Lipinski definition) is 0. The summed E-state index contributed by atoms with van der Waals surface area (Å²) in [7, 11) is 0. The number of rotatable bonds is 1. The van der Waals surface area contributed by atoms with Crippen molar-refractivity contribution in [1.82, 2.24) is 10.2 Å². The van der Waals surface area contributed by atoms with Crippen LogP contribution in [0.3, 0.4) is 0 Å². The van der Waals surface area contributed by atoms with Gasteiger partial charge in [-0.1, -0.05) is 29.8 Å². The summed E-state index contributed by atoms with van der Waals surface area (Å²) in [5, 5.41) is 7.69. The van der Waals surface area contributed by atoms with Gasteiger partial charge in [-0.3, -0.25) is 0 Å². The van der Waals surface area contributed by atoms with E-state index < -0.39 is 11.7 Å². The molecule has 2 rings (SSSR count). The van der Waals surface area contributed by atoms with Crippen LogP contribution < -0.4 is 0 Å². The molecule has 0 amide bonds. The highest BCUT2D eigenvalue weighted by molar-refractivity contribution is 6.30. The average molecular weight is 287 g/mol. The molecule has 2 aromatic rings. The fourth-order valence-corrected chi connectivity index (χ4v) is 1.95. The van der Waals surface area contributed by atoms with Crippen LogP contribution in [-0.2, 0) is 6.18 Å². The number of halogens is 4. The van der Waals surface area contributed by atoms with Crippen molar-refractivity contribution in [2.24, 2.45) is 0 Å². The van der Waals surface area contributed by atoms with E-state index in [1.165, 1.54) is 18.2 Å². The van der Waals surface area contributed by atoms with Gasteiger partial charge in [0.2, 0.25) is 0 Å². The molecule has 2 nitrogen and oxygen atoms in total. The molecular formula is C13H10ClF3N2. The first-order valence-electron chi connectivity index (χ1n) is 5.48. The number of alkyl halides is 3. The second-order valence-corrected chi connectivity index (χ2v) is 4.49. The van der Waals surface area contributed by atoms with Gasteiger partial charge in [-0.05, 0) is 31.0 Å². The minimum atomic E-state index is -4.43. The van der Waals surface area contributed by atoms with E-state index in [2.05, 4.69) is 10.2 Å². The Bertz CT molecular complexity index is 624. The van der Waals surface area contributed by atoms with E-state index in [4.69, 9.17) is 11.6 Å². The molecule has 6 heteroatoms. The van der Waals surface area contributed by atoms with Crippen molar-refractivity contribution in [1.29, 1.82) is 0 Å². The molecular weight excluding hydrogens is 277 g/mol. The van der Waals surface area contributed by atoms with Crippen molar-refractivity contribution < 1.29 is 13.2 Å². The lowest BCUT2D eigenvalue weighted by atomic mass is 9.99. The molecule has 0 fully saturated rings. The van der Waals surface area contributed by atoms with Gasteiger partial charge in [0, 0.05) is 5.56 Å². The van der Waals surface area contributed by atoms with Crippen LogP contribution in [0.2, 0.25) is 5.15 Å². The van der Waals surface area contributed by atoms with Crippen LogP contribution in [0.1, 0.15) is 16.7 Å². The zero-order valence-corrected chi connectivity index (χ0v) is 11.0. The minimum Gasteiger partial charge on any atom is -0.166 e. The van der Waals surface area contributed by atoms with Crippen molar-refractivity contribution in [2.75, 3.05) is 0 Å². The Morgan fingerprint density at radius 2 is 1.63 bits per heavy atom. The SMILES string of the molecule is Cc1c(Cl)nnc(-c2ccccc2C(F)(F)F)c1C. The third-order valence-electron chi connectivity index (χ3n) is 2.95. The smallest absolute Gasteiger partial charge is 0.166 e. The molecule has 0 saturated heterocycles. The van der Waals surface area contributed by atoms with Crippen molar-refractivity contribution in [3.63, 3.8) is 0 Å². The van der Waals surface area contributed by atoms with E-state index in [1.54, 1.807) is 13.8 Å². The van der Waals surface area contributed by atoms with Crippen LogP contribution in [-0.4, -0.2) is 10.2 Å². The highest BCUT2D eigenvalue weighted by Gasteiger charge is 2.34. The molecule has 0 aliphatic carbocycles. The van der Waals surface area contributed by atoms with Crippen LogP contribution >= 0.6 is 11.6 Å². The Kier molecular flexibility index (Phi) is 3.49. The first-order valence-corrected chi connectivity index (χ1v) is 5.86. The minimum absolute atomic E-state index is 0.0137. The third kappa shape index (κ3) is 2.56. The molecule has 0 atom stereocenters. The number of nitrogens with zero attached hydrogens (tertiary/aromatic N) is 2. The topological polar surface area (TPSA) is 25.8 Å².